The normalized spacial score (nSPS) is 10.3. The molecule has 1 heterocycles. The molecule has 0 aliphatic heterocycles. The van der Waals surface area contributed by atoms with E-state index in [0.717, 1.165) is 10.0 Å². The zero-order valence-electron chi connectivity index (χ0n) is 10.3. The predicted octanol–water partition coefficient (Wildman–Crippen LogP) is 3.77. The predicted molar refractivity (Wildman–Crippen MR) is 79.2 cm³/mol. The molecule has 0 unspecified atom stereocenters. The van der Waals surface area contributed by atoms with Gasteiger partial charge in [-0.05, 0) is 23.8 Å². The summed E-state index contributed by atoms with van der Waals surface area (Å²) in [6.45, 7) is 0.525. The van der Waals surface area contributed by atoms with Crippen molar-refractivity contribution in [3.63, 3.8) is 0 Å². The summed E-state index contributed by atoms with van der Waals surface area (Å²) in [6.07, 6.45) is 3.05. The molecule has 0 N–H and O–H groups in total. The second kappa shape index (κ2) is 6.17. The van der Waals surface area contributed by atoms with Gasteiger partial charge in [0, 0.05) is 30.5 Å². The van der Waals surface area contributed by atoms with Gasteiger partial charge in [0.15, 0.2) is 0 Å². The van der Waals surface area contributed by atoms with Crippen LogP contribution in [0.2, 0.25) is 5.02 Å². The van der Waals surface area contributed by atoms with Crippen molar-refractivity contribution < 1.29 is 4.79 Å². The number of carbonyl (C=O) groups is 1. The van der Waals surface area contributed by atoms with Crippen LogP contribution in [0.15, 0.2) is 47.2 Å². The molecule has 2 aromatic rings. The van der Waals surface area contributed by atoms with E-state index in [4.69, 9.17) is 11.6 Å². The number of rotatable bonds is 3. The maximum atomic E-state index is 12.2. The van der Waals surface area contributed by atoms with E-state index in [-0.39, 0.29) is 5.91 Å². The molecule has 1 amide bonds. The summed E-state index contributed by atoms with van der Waals surface area (Å²) in [5, 5.41) is 0.419. The third-order valence-corrected chi connectivity index (χ3v) is 3.54. The molecule has 1 aromatic carbocycles. The Labute approximate surface area is 125 Å². The van der Waals surface area contributed by atoms with Gasteiger partial charge in [-0.1, -0.05) is 39.7 Å². The van der Waals surface area contributed by atoms with Crippen molar-refractivity contribution in [1.29, 1.82) is 0 Å². The maximum absolute atomic E-state index is 12.2. The van der Waals surface area contributed by atoms with Gasteiger partial charge in [-0.2, -0.15) is 0 Å². The number of carbonyl (C=O) groups excluding carboxylic acids is 1. The summed E-state index contributed by atoms with van der Waals surface area (Å²) in [7, 11) is 1.74. The van der Waals surface area contributed by atoms with E-state index in [9.17, 15) is 4.79 Å². The number of halogens is 2. The zero-order valence-corrected chi connectivity index (χ0v) is 12.6. The number of aromatic nitrogens is 1. The first-order valence-corrected chi connectivity index (χ1v) is 6.84. The van der Waals surface area contributed by atoms with Crippen molar-refractivity contribution in [2.75, 3.05) is 7.05 Å². The summed E-state index contributed by atoms with van der Waals surface area (Å²) < 4.78 is 1.01. The molecular formula is C14H12BrClN2O. The SMILES string of the molecule is CN(Cc1ccc(Br)cc1)C(=O)c1cnccc1Cl. The topological polar surface area (TPSA) is 33.2 Å². The number of hydrogen-bond acceptors (Lipinski definition) is 2. The van der Waals surface area contributed by atoms with E-state index in [1.54, 1.807) is 24.2 Å². The molecule has 0 saturated heterocycles. The number of hydrogen-bond donors (Lipinski definition) is 0. The molecular weight excluding hydrogens is 328 g/mol. The van der Waals surface area contributed by atoms with Gasteiger partial charge in [0.2, 0.25) is 0 Å². The Hall–Kier alpha value is -1.39. The lowest BCUT2D eigenvalue weighted by molar-refractivity contribution is 0.0785. The van der Waals surface area contributed by atoms with E-state index < -0.39 is 0 Å². The van der Waals surface area contributed by atoms with Gasteiger partial charge in [0.1, 0.15) is 0 Å². The minimum absolute atomic E-state index is 0.138. The van der Waals surface area contributed by atoms with Crippen LogP contribution < -0.4 is 0 Å². The molecule has 1 aromatic heterocycles. The van der Waals surface area contributed by atoms with Crippen LogP contribution in [0, 0.1) is 0 Å². The third kappa shape index (κ3) is 3.55. The van der Waals surface area contributed by atoms with Gasteiger partial charge in [0.25, 0.3) is 5.91 Å². The van der Waals surface area contributed by atoms with E-state index in [2.05, 4.69) is 20.9 Å². The fraction of sp³-hybridized carbons (Fsp3) is 0.143. The van der Waals surface area contributed by atoms with E-state index in [0.29, 0.717) is 17.1 Å². The van der Waals surface area contributed by atoms with Gasteiger partial charge < -0.3 is 4.90 Å². The van der Waals surface area contributed by atoms with Crippen molar-refractivity contribution in [3.8, 4) is 0 Å². The minimum Gasteiger partial charge on any atom is -0.337 e. The Bertz CT molecular complexity index is 586. The molecule has 3 nitrogen and oxygen atoms in total. The molecule has 0 saturated carbocycles. The van der Waals surface area contributed by atoms with Crippen molar-refractivity contribution >= 4 is 33.4 Å². The van der Waals surface area contributed by atoms with Crippen LogP contribution >= 0.6 is 27.5 Å². The molecule has 0 fully saturated rings. The zero-order chi connectivity index (χ0) is 13.8. The van der Waals surface area contributed by atoms with Gasteiger partial charge in [0.05, 0.1) is 10.6 Å². The summed E-state index contributed by atoms with van der Waals surface area (Å²) in [6, 6.07) is 9.45. The highest BCUT2D eigenvalue weighted by Gasteiger charge is 2.15. The Kier molecular flexibility index (Phi) is 4.56. The molecule has 0 spiro atoms. The fourth-order valence-corrected chi connectivity index (χ4v) is 2.13. The average molecular weight is 340 g/mol. The van der Waals surface area contributed by atoms with Gasteiger partial charge >= 0.3 is 0 Å². The first kappa shape index (κ1) is 14.0. The summed E-state index contributed by atoms with van der Waals surface area (Å²) in [4.78, 5) is 17.8. The highest BCUT2D eigenvalue weighted by Crippen LogP contribution is 2.17. The number of pyridine rings is 1. The minimum atomic E-state index is -0.138. The van der Waals surface area contributed by atoms with Crippen LogP contribution in [0.4, 0.5) is 0 Å². The van der Waals surface area contributed by atoms with Crippen LogP contribution in [0.5, 0.6) is 0 Å². The monoisotopic (exact) mass is 338 g/mol. The number of amides is 1. The van der Waals surface area contributed by atoms with Crippen molar-refractivity contribution in [1.82, 2.24) is 9.88 Å². The summed E-state index contributed by atoms with van der Waals surface area (Å²) in [5.74, 6) is -0.138. The summed E-state index contributed by atoms with van der Waals surface area (Å²) >= 11 is 9.37. The third-order valence-electron chi connectivity index (χ3n) is 2.68. The Morgan fingerprint density at radius 3 is 2.63 bits per heavy atom. The van der Waals surface area contributed by atoms with Crippen LogP contribution in [-0.2, 0) is 6.54 Å². The molecule has 0 bridgehead atoms. The maximum Gasteiger partial charge on any atom is 0.256 e. The first-order valence-electron chi connectivity index (χ1n) is 5.67. The van der Waals surface area contributed by atoms with Crippen LogP contribution in [-0.4, -0.2) is 22.8 Å². The molecule has 5 heteroatoms. The number of nitrogens with zero attached hydrogens (tertiary/aromatic N) is 2. The van der Waals surface area contributed by atoms with Crippen molar-refractivity contribution in [2.24, 2.45) is 0 Å². The smallest absolute Gasteiger partial charge is 0.256 e. The van der Waals surface area contributed by atoms with E-state index >= 15 is 0 Å². The van der Waals surface area contributed by atoms with E-state index in [1.807, 2.05) is 24.3 Å². The average Bonchev–Trinajstić information content (AvgIpc) is 2.41. The lowest BCUT2D eigenvalue weighted by Gasteiger charge is -2.17. The molecule has 0 atom stereocenters. The molecule has 19 heavy (non-hydrogen) atoms. The standard InChI is InChI=1S/C14H12BrClN2O/c1-18(9-10-2-4-11(15)5-3-10)14(19)12-8-17-7-6-13(12)16/h2-8H,9H2,1H3. The first-order chi connectivity index (χ1) is 9.08. The second-order valence-corrected chi connectivity index (χ2v) is 5.47. The van der Waals surface area contributed by atoms with Crippen molar-refractivity contribution in [3.05, 3.63) is 63.3 Å². The Balaban J connectivity index is 2.12. The van der Waals surface area contributed by atoms with Gasteiger partial charge in [-0.3, -0.25) is 9.78 Å². The van der Waals surface area contributed by atoms with Crippen molar-refractivity contribution in [2.45, 2.75) is 6.54 Å². The summed E-state index contributed by atoms with van der Waals surface area (Å²) in [5.41, 5.74) is 1.47. The van der Waals surface area contributed by atoms with Crippen LogP contribution in [0.1, 0.15) is 15.9 Å². The molecule has 2 rings (SSSR count). The largest absolute Gasteiger partial charge is 0.337 e. The Morgan fingerprint density at radius 2 is 2.00 bits per heavy atom. The molecule has 0 aliphatic carbocycles. The lowest BCUT2D eigenvalue weighted by atomic mass is 10.2. The second-order valence-electron chi connectivity index (χ2n) is 4.14. The van der Waals surface area contributed by atoms with Gasteiger partial charge in [-0.25, -0.2) is 0 Å². The van der Waals surface area contributed by atoms with Crippen LogP contribution in [0.25, 0.3) is 0 Å². The quantitative estimate of drug-likeness (QED) is 0.853. The van der Waals surface area contributed by atoms with E-state index in [1.165, 1.54) is 6.20 Å². The highest BCUT2D eigenvalue weighted by molar-refractivity contribution is 9.10. The number of benzene rings is 1. The molecule has 0 radical (unpaired) electrons. The Morgan fingerprint density at radius 1 is 1.32 bits per heavy atom. The van der Waals surface area contributed by atoms with Crippen LogP contribution in [0.3, 0.4) is 0 Å². The lowest BCUT2D eigenvalue weighted by Crippen LogP contribution is -2.26. The molecule has 0 aliphatic rings. The highest BCUT2D eigenvalue weighted by atomic mass is 79.9. The fourth-order valence-electron chi connectivity index (χ4n) is 1.68. The van der Waals surface area contributed by atoms with Gasteiger partial charge in [-0.15, -0.1) is 0 Å². The molecule has 98 valence electrons.